The summed E-state index contributed by atoms with van der Waals surface area (Å²) in [7, 11) is 0. The molecule has 2 fully saturated rings. The third-order valence-electron chi connectivity index (χ3n) is 7.54. The lowest BCUT2D eigenvalue weighted by Crippen LogP contribution is -2.42. The van der Waals surface area contributed by atoms with Crippen molar-refractivity contribution in [3.63, 3.8) is 0 Å². The van der Waals surface area contributed by atoms with E-state index >= 15 is 0 Å². The van der Waals surface area contributed by atoms with E-state index in [0.717, 1.165) is 77.0 Å². The number of hydrogen-bond donors (Lipinski definition) is 0. The number of unbranched alkanes of at least 4 members (excludes halogenated alkanes) is 4. The summed E-state index contributed by atoms with van der Waals surface area (Å²) < 4.78 is 12.0. The van der Waals surface area contributed by atoms with Crippen molar-refractivity contribution in [2.75, 3.05) is 0 Å². The molecule has 2 aliphatic rings. The van der Waals surface area contributed by atoms with Crippen LogP contribution in [0.3, 0.4) is 0 Å². The second-order valence-electron chi connectivity index (χ2n) is 10.0. The van der Waals surface area contributed by atoms with Crippen molar-refractivity contribution >= 4 is 28.8 Å². The van der Waals surface area contributed by atoms with E-state index in [1.54, 1.807) is 6.92 Å². The van der Waals surface area contributed by atoms with Crippen LogP contribution in [0.25, 0.3) is 0 Å². The first kappa shape index (κ1) is 28.2. The van der Waals surface area contributed by atoms with Gasteiger partial charge >= 0.3 is 11.9 Å². The molecule has 7 atom stereocenters. The van der Waals surface area contributed by atoms with Crippen LogP contribution in [0.15, 0.2) is 0 Å². The maximum Gasteiger partial charge on any atom is 0.310 e. The van der Waals surface area contributed by atoms with Crippen LogP contribution in [0.5, 0.6) is 0 Å². The molecule has 0 N–H and O–H groups in total. The largest absolute Gasteiger partial charge is 0.462 e. The van der Waals surface area contributed by atoms with Gasteiger partial charge in [-0.25, -0.2) is 0 Å². The predicted octanol–water partition coefficient (Wildman–Crippen LogP) is 6.71. The second-order valence-corrected chi connectivity index (χ2v) is 11.4. The van der Waals surface area contributed by atoms with Gasteiger partial charge < -0.3 is 9.47 Å². The molecule has 33 heavy (non-hydrogen) atoms. The van der Waals surface area contributed by atoms with Crippen molar-refractivity contribution in [1.29, 1.82) is 0 Å². The van der Waals surface area contributed by atoms with Crippen LogP contribution in [0.4, 0.5) is 0 Å². The zero-order valence-electron chi connectivity index (χ0n) is 21.5. The smallest absolute Gasteiger partial charge is 0.310 e. The van der Waals surface area contributed by atoms with Gasteiger partial charge in [0.1, 0.15) is 12.2 Å². The normalized spacial score (nSPS) is 27.8. The number of rotatable bonds is 15. The number of carbonyl (C=O) groups excluding carboxylic acids is 3. The van der Waals surface area contributed by atoms with Crippen LogP contribution in [0, 0.1) is 23.7 Å². The molecule has 0 spiro atoms. The van der Waals surface area contributed by atoms with Crippen LogP contribution in [0.1, 0.15) is 112 Å². The highest BCUT2D eigenvalue weighted by Crippen LogP contribution is 2.57. The molecule has 2 aliphatic carbocycles. The van der Waals surface area contributed by atoms with Gasteiger partial charge in [-0.15, -0.1) is 0 Å². The average Bonchev–Trinajstić information content (AvgIpc) is 3.35. The molecule has 2 bridgehead atoms. The van der Waals surface area contributed by atoms with E-state index in [-0.39, 0.29) is 46.3 Å². The van der Waals surface area contributed by atoms with Gasteiger partial charge in [0, 0.05) is 12.2 Å². The zero-order valence-corrected chi connectivity index (χ0v) is 22.3. The van der Waals surface area contributed by atoms with Gasteiger partial charge in [0.05, 0.1) is 11.8 Å². The topological polar surface area (TPSA) is 69.7 Å². The molecular formula is C27H46O5S. The lowest BCUT2D eigenvalue weighted by Gasteiger charge is -2.34. The molecular weight excluding hydrogens is 436 g/mol. The molecule has 0 radical (unpaired) electrons. The van der Waals surface area contributed by atoms with E-state index < -0.39 is 11.8 Å². The Morgan fingerprint density at radius 2 is 1.30 bits per heavy atom. The van der Waals surface area contributed by atoms with Crippen molar-refractivity contribution in [1.82, 2.24) is 0 Å². The maximum absolute atomic E-state index is 13.4. The minimum Gasteiger partial charge on any atom is -0.462 e. The molecule has 0 unspecified atom stereocenters. The maximum atomic E-state index is 13.4. The predicted molar refractivity (Wildman–Crippen MR) is 134 cm³/mol. The number of hydrogen-bond acceptors (Lipinski definition) is 6. The molecule has 2 saturated carbocycles. The summed E-state index contributed by atoms with van der Waals surface area (Å²) in [5.41, 5.74) is 0. The number of esters is 2. The fourth-order valence-electron chi connectivity index (χ4n) is 5.73. The molecule has 0 aromatic heterocycles. The van der Waals surface area contributed by atoms with Crippen molar-refractivity contribution in [3.05, 3.63) is 0 Å². The van der Waals surface area contributed by atoms with Crippen LogP contribution >= 0.6 is 11.8 Å². The van der Waals surface area contributed by atoms with Gasteiger partial charge in [-0.1, -0.05) is 65.1 Å². The fraction of sp³-hybridized carbons (Fsp3) is 0.889. The summed E-state index contributed by atoms with van der Waals surface area (Å²) in [5, 5.41) is 0.174. The highest BCUT2D eigenvalue weighted by atomic mass is 32.2. The third kappa shape index (κ3) is 8.00. The first-order valence-corrected chi connectivity index (χ1v) is 14.3. The SMILES string of the molecule is CCCCC[C@H](CC)OC(=O)[C@H]1[C@@H]2C[C@H]([C@@H]1C(=O)O[C@@H](CC)CCCCC)[C@@H](SC(C)=O)C2. The molecule has 0 aliphatic heterocycles. The fourth-order valence-corrected chi connectivity index (χ4v) is 6.96. The van der Waals surface area contributed by atoms with E-state index in [9.17, 15) is 14.4 Å². The Hall–Kier alpha value is -1.04. The van der Waals surface area contributed by atoms with E-state index in [0.29, 0.717) is 0 Å². The van der Waals surface area contributed by atoms with E-state index in [4.69, 9.17) is 9.47 Å². The van der Waals surface area contributed by atoms with E-state index in [2.05, 4.69) is 20.8 Å². The molecule has 0 amide bonds. The Morgan fingerprint density at radius 3 is 1.76 bits per heavy atom. The molecule has 0 heterocycles. The summed E-state index contributed by atoms with van der Waals surface area (Å²) in [6, 6.07) is 0. The molecule has 5 nitrogen and oxygen atoms in total. The summed E-state index contributed by atoms with van der Waals surface area (Å²) >= 11 is 1.33. The lowest BCUT2D eigenvalue weighted by molar-refractivity contribution is -0.169. The summed E-state index contributed by atoms with van der Waals surface area (Å²) in [5.74, 6) is -1.27. The van der Waals surface area contributed by atoms with Gasteiger partial charge in [0.15, 0.2) is 5.12 Å². The Kier molecular flexibility index (Phi) is 12.3. The van der Waals surface area contributed by atoms with Crippen LogP contribution < -0.4 is 0 Å². The number of ether oxygens (including phenoxy) is 2. The van der Waals surface area contributed by atoms with Gasteiger partial charge in [0.2, 0.25) is 0 Å². The Labute approximate surface area is 205 Å². The standard InChI is InChI=1S/C27H46O5S/c1-6-10-12-14-20(8-3)31-26(29)24-19-16-22(23(17-19)33-18(5)28)25(24)27(30)32-21(9-4)15-13-11-7-2/h19-25H,6-17H2,1-5H3/t19-,20+,21+,22+,23+,24+,25+/m1/s1. The van der Waals surface area contributed by atoms with Crippen LogP contribution in [-0.2, 0) is 23.9 Å². The minimum atomic E-state index is -0.485. The molecule has 0 aromatic rings. The van der Waals surface area contributed by atoms with Crippen molar-refractivity contribution in [3.8, 4) is 0 Å². The summed E-state index contributed by atoms with van der Waals surface area (Å²) in [6.45, 7) is 10.0. The molecule has 2 rings (SSSR count). The molecule has 0 saturated heterocycles. The highest BCUT2D eigenvalue weighted by molar-refractivity contribution is 8.14. The molecule has 190 valence electrons. The number of carbonyl (C=O) groups is 3. The Bertz CT molecular complexity index is 636. The highest BCUT2D eigenvalue weighted by Gasteiger charge is 2.59. The monoisotopic (exact) mass is 482 g/mol. The molecule has 6 heteroatoms. The average molecular weight is 483 g/mol. The van der Waals surface area contributed by atoms with Gasteiger partial charge in [-0.3, -0.25) is 14.4 Å². The van der Waals surface area contributed by atoms with Crippen molar-refractivity contribution in [2.45, 2.75) is 129 Å². The minimum absolute atomic E-state index is 0.0160. The first-order valence-electron chi connectivity index (χ1n) is 13.4. The zero-order chi connectivity index (χ0) is 24.4. The lowest BCUT2D eigenvalue weighted by atomic mass is 9.79. The first-order chi connectivity index (χ1) is 15.9. The van der Waals surface area contributed by atoms with Gasteiger partial charge in [0.25, 0.3) is 0 Å². The summed E-state index contributed by atoms with van der Waals surface area (Å²) in [6.07, 6.45) is 11.4. The quantitative estimate of drug-likeness (QED) is 0.191. The van der Waals surface area contributed by atoms with Crippen LogP contribution in [0.2, 0.25) is 0 Å². The van der Waals surface area contributed by atoms with Crippen molar-refractivity contribution < 1.29 is 23.9 Å². The van der Waals surface area contributed by atoms with E-state index in [1.165, 1.54) is 11.8 Å². The van der Waals surface area contributed by atoms with Gasteiger partial charge in [-0.2, -0.15) is 0 Å². The number of fused-ring (bicyclic) bond motifs is 2. The summed E-state index contributed by atoms with van der Waals surface area (Å²) in [4.78, 5) is 38.6. The van der Waals surface area contributed by atoms with E-state index in [1.807, 2.05) is 6.92 Å². The Balaban J connectivity index is 2.12. The third-order valence-corrected chi connectivity index (χ3v) is 8.72. The Morgan fingerprint density at radius 1 is 0.788 bits per heavy atom. The molecule has 0 aromatic carbocycles. The van der Waals surface area contributed by atoms with Crippen LogP contribution in [-0.4, -0.2) is 34.5 Å². The second kappa shape index (κ2) is 14.4. The van der Waals surface area contributed by atoms with Crippen molar-refractivity contribution in [2.24, 2.45) is 23.7 Å². The van der Waals surface area contributed by atoms with Gasteiger partial charge in [-0.05, 0) is 63.2 Å². The number of thioether (sulfide) groups is 1.